The van der Waals surface area contributed by atoms with Crippen molar-refractivity contribution < 1.29 is 15.0 Å². The summed E-state index contributed by atoms with van der Waals surface area (Å²) in [6.07, 6.45) is 3.75. The lowest BCUT2D eigenvalue weighted by Gasteiger charge is -1.99. The van der Waals surface area contributed by atoms with E-state index in [2.05, 4.69) is 10.3 Å². The molecule has 3 N–H and O–H groups in total. The van der Waals surface area contributed by atoms with Crippen molar-refractivity contribution in [3.8, 4) is 5.75 Å². The average Bonchev–Trinajstić information content (AvgIpc) is 2.75. The summed E-state index contributed by atoms with van der Waals surface area (Å²) in [7, 11) is 0. The number of fused-ring (bicyclic) bond motifs is 1. The normalized spacial score (nSPS) is 10.6. The minimum atomic E-state index is -0.318. The van der Waals surface area contributed by atoms with Crippen LogP contribution in [0.2, 0.25) is 0 Å². The number of nitrogens with one attached hydrogen (secondary N) is 1. The maximum Gasteiger partial charge on any atom is 0.271 e. The Morgan fingerprint density at radius 3 is 3.06 bits per heavy atom. The molecule has 6 heteroatoms. The van der Waals surface area contributed by atoms with E-state index in [9.17, 15) is 9.90 Å². The van der Waals surface area contributed by atoms with Crippen LogP contribution in [-0.4, -0.2) is 38.7 Å². The van der Waals surface area contributed by atoms with Gasteiger partial charge in [-0.1, -0.05) is 0 Å². The number of carbonyl (C=O) groups is 1. The molecule has 0 saturated heterocycles. The Hall–Kier alpha value is -2.08. The number of aromatic hydroxyl groups is 1. The fourth-order valence-electron chi connectivity index (χ4n) is 1.48. The number of imidazole rings is 1. The summed E-state index contributed by atoms with van der Waals surface area (Å²) in [6.45, 7) is 0.432. The Morgan fingerprint density at radius 2 is 2.35 bits per heavy atom. The number of nitrogens with zero attached hydrogens (tertiary/aromatic N) is 2. The maximum atomic E-state index is 11.7. The molecule has 0 aliphatic rings. The summed E-state index contributed by atoms with van der Waals surface area (Å²) in [5.41, 5.74) is 0.587. The van der Waals surface area contributed by atoms with E-state index in [4.69, 9.17) is 5.11 Å². The monoisotopic (exact) mass is 235 g/mol. The Morgan fingerprint density at radius 1 is 1.53 bits per heavy atom. The first-order chi connectivity index (χ1) is 8.22. The number of carbonyl (C=O) groups excluding carboxylic acids is 1. The van der Waals surface area contributed by atoms with E-state index < -0.39 is 0 Å². The average molecular weight is 235 g/mol. The van der Waals surface area contributed by atoms with Gasteiger partial charge >= 0.3 is 0 Å². The van der Waals surface area contributed by atoms with E-state index in [1.165, 1.54) is 6.07 Å². The Kier molecular flexibility index (Phi) is 3.24. The molecular formula is C11H13N3O3. The predicted molar refractivity (Wildman–Crippen MR) is 60.9 cm³/mol. The number of aliphatic hydroxyl groups excluding tert-OH is 1. The fraction of sp³-hybridized carbons (Fsp3) is 0.273. The second kappa shape index (κ2) is 4.84. The number of hydrogen-bond donors (Lipinski definition) is 3. The molecular weight excluding hydrogens is 222 g/mol. The van der Waals surface area contributed by atoms with Gasteiger partial charge in [0.05, 0.1) is 0 Å². The molecule has 0 fully saturated rings. The molecule has 0 saturated carbocycles. The van der Waals surface area contributed by atoms with Crippen molar-refractivity contribution in [2.24, 2.45) is 0 Å². The van der Waals surface area contributed by atoms with Crippen LogP contribution in [0.4, 0.5) is 0 Å². The number of hydrogen-bond acceptors (Lipinski definition) is 4. The smallest absolute Gasteiger partial charge is 0.271 e. The summed E-state index contributed by atoms with van der Waals surface area (Å²) in [5, 5.41) is 20.8. The van der Waals surface area contributed by atoms with E-state index in [0.29, 0.717) is 18.6 Å². The molecule has 0 atom stereocenters. The van der Waals surface area contributed by atoms with Gasteiger partial charge in [0.2, 0.25) is 0 Å². The first kappa shape index (κ1) is 11.4. The first-order valence-electron chi connectivity index (χ1n) is 5.28. The van der Waals surface area contributed by atoms with Crippen molar-refractivity contribution in [1.29, 1.82) is 0 Å². The van der Waals surface area contributed by atoms with Crippen LogP contribution >= 0.6 is 0 Å². The second-order valence-corrected chi connectivity index (χ2v) is 3.58. The van der Waals surface area contributed by atoms with E-state index in [1.807, 2.05) is 0 Å². The van der Waals surface area contributed by atoms with Gasteiger partial charge in [0.25, 0.3) is 5.91 Å². The zero-order valence-corrected chi connectivity index (χ0v) is 9.13. The van der Waals surface area contributed by atoms with Gasteiger partial charge in [-0.25, -0.2) is 4.98 Å². The molecule has 2 heterocycles. The number of aromatic nitrogens is 2. The lowest BCUT2D eigenvalue weighted by Crippen LogP contribution is -2.25. The van der Waals surface area contributed by atoms with E-state index in [1.54, 1.807) is 22.9 Å². The first-order valence-corrected chi connectivity index (χ1v) is 5.28. The van der Waals surface area contributed by atoms with Gasteiger partial charge in [-0.15, -0.1) is 0 Å². The van der Waals surface area contributed by atoms with Crippen LogP contribution in [0.5, 0.6) is 5.75 Å². The molecule has 0 aliphatic heterocycles. The van der Waals surface area contributed by atoms with Crippen LogP contribution in [-0.2, 0) is 0 Å². The van der Waals surface area contributed by atoms with Gasteiger partial charge in [0, 0.05) is 25.5 Å². The molecule has 1 amide bonds. The highest BCUT2D eigenvalue weighted by Gasteiger charge is 2.11. The molecule has 90 valence electrons. The molecule has 6 nitrogen and oxygen atoms in total. The minimum absolute atomic E-state index is 0.0295. The van der Waals surface area contributed by atoms with E-state index >= 15 is 0 Å². The molecule has 0 radical (unpaired) electrons. The molecule has 2 aromatic heterocycles. The number of pyridine rings is 1. The van der Waals surface area contributed by atoms with Crippen LogP contribution < -0.4 is 5.32 Å². The van der Waals surface area contributed by atoms with Crippen molar-refractivity contribution in [3.05, 3.63) is 30.2 Å². The van der Waals surface area contributed by atoms with Crippen molar-refractivity contribution in [2.45, 2.75) is 6.42 Å². The molecule has 0 spiro atoms. The largest absolute Gasteiger partial charge is 0.504 e. The fourth-order valence-corrected chi connectivity index (χ4v) is 1.48. The SMILES string of the molecule is O=C(NCCCO)c1cn2cccc(O)c2n1. The van der Waals surface area contributed by atoms with Crippen LogP contribution in [0.3, 0.4) is 0 Å². The van der Waals surface area contributed by atoms with Gasteiger partial charge in [-0.2, -0.15) is 0 Å². The second-order valence-electron chi connectivity index (χ2n) is 3.58. The number of rotatable bonds is 4. The van der Waals surface area contributed by atoms with Gasteiger partial charge in [-0.05, 0) is 18.6 Å². The van der Waals surface area contributed by atoms with Crippen LogP contribution in [0, 0.1) is 0 Å². The van der Waals surface area contributed by atoms with Gasteiger partial charge in [0.1, 0.15) is 5.69 Å². The molecule has 0 bridgehead atoms. The van der Waals surface area contributed by atoms with E-state index in [-0.39, 0.29) is 24.0 Å². The number of amides is 1. The third kappa shape index (κ3) is 2.36. The van der Waals surface area contributed by atoms with Crippen LogP contribution in [0.15, 0.2) is 24.5 Å². The quantitative estimate of drug-likeness (QED) is 0.658. The van der Waals surface area contributed by atoms with Crippen molar-refractivity contribution in [3.63, 3.8) is 0 Å². The van der Waals surface area contributed by atoms with Gasteiger partial charge in [-0.3, -0.25) is 4.79 Å². The van der Waals surface area contributed by atoms with Crippen LogP contribution in [0.1, 0.15) is 16.9 Å². The number of aliphatic hydroxyl groups is 1. The predicted octanol–water partition coefficient (Wildman–Crippen LogP) is 0.152. The summed E-state index contributed by atoms with van der Waals surface area (Å²) in [5.74, 6) is -0.288. The zero-order valence-electron chi connectivity index (χ0n) is 9.13. The molecule has 2 aromatic rings. The highest BCUT2D eigenvalue weighted by atomic mass is 16.3. The van der Waals surface area contributed by atoms with Crippen molar-refractivity contribution in [2.75, 3.05) is 13.2 Å². The Bertz CT molecular complexity index is 536. The summed E-state index contributed by atoms with van der Waals surface area (Å²) >= 11 is 0. The molecule has 17 heavy (non-hydrogen) atoms. The third-order valence-corrected chi connectivity index (χ3v) is 2.32. The summed E-state index contributed by atoms with van der Waals surface area (Å²) in [4.78, 5) is 15.7. The highest BCUT2D eigenvalue weighted by Crippen LogP contribution is 2.16. The maximum absolute atomic E-state index is 11.7. The molecule has 2 rings (SSSR count). The van der Waals surface area contributed by atoms with Crippen molar-refractivity contribution >= 4 is 11.6 Å². The Labute approximate surface area is 97.5 Å². The Balaban J connectivity index is 2.19. The minimum Gasteiger partial charge on any atom is -0.504 e. The molecule has 0 aliphatic carbocycles. The topological polar surface area (TPSA) is 86.9 Å². The zero-order chi connectivity index (χ0) is 12.3. The summed E-state index contributed by atoms with van der Waals surface area (Å²) < 4.78 is 1.58. The molecule has 0 aromatic carbocycles. The lowest BCUT2D eigenvalue weighted by molar-refractivity contribution is 0.0947. The van der Waals surface area contributed by atoms with E-state index in [0.717, 1.165) is 0 Å². The third-order valence-electron chi connectivity index (χ3n) is 2.32. The lowest BCUT2D eigenvalue weighted by atomic mass is 10.4. The highest BCUT2D eigenvalue weighted by molar-refractivity contribution is 5.93. The van der Waals surface area contributed by atoms with Crippen LogP contribution in [0.25, 0.3) is 5.65 Å². The van der Waals surface area contributed by atoms with Gasteiger partial charge in [0.15, 0.2) is 11.4 Å². The summed E-state index contributed by atoms with van der Waals surface area (Å²) in [6, 6.07) is 3.17. The molecule has 0 unspecified atom stereocenters. The standard InChI is InChI=1S/C11H13N3O3/c15-6-2-4-12-11(17)8-7-14-5-1-3-9(16)10(14)13-8/h1,3,5,7,15-16H,2,4,6H2,(H,12,17). The van der Waals surface area contributed by atoms with Gasteiger partial charge < -0.3 is 19.9 Å². The van der Waals surface area contributed by atoms with Crippen molar-refractivity contribution in [1.82, 2.24) is 14.7 Å².